The Balaban J connectivity index is 2.09. The second-order valence-corrected chi connectivity index (χ2v) is 5.12. The third-order valence-corrected chi connectivity index (χ3v) is 3.44. The molecule has 0 saturated carbocycles. The van der Waals surface area contributed by atoms with E-state index in [9.17, 15) is 0 Å². The molecule has 110 valence electrons. The lowest BCUT2D eigenvalue weighted by atomic mass is 10.0. The summed E-state index contributed by atoms with van der Waals surface area (Å²) in [5.41, 5.74) is 9.45. The maximum Gasteiger partial charge on any atom is 0.100 e. The standard InChI is InChI=1S/C19H19N3/c1-2-3-8-19(21)22-14-15-9-11-16(12-10-15)18-7-5-4-6-17(18)13-20/h6-7,9-12H,2-3,8,14H2,1H3,(H2,21,22). The number of hydrogen-bond acceptors (Lipinski definition) is 2. The summed E-state index contributed by atoms with van der Waals surface area (Å²) in [5.74, 6) is 0.714. The Morgan fingerprint density at radius 2 is 1.95 bits per heavy atom. The molecule has 0 aliphatic rings. The molecule has 0 radical (unpaired) electrons. The molecule has 2 aromatic carbocycles. The number of amidine groups is 1. The SMILES string of the molecule is CCCCC(N)=NCc1ccc(-c2cc#ccc2C#N)cc1. The Morgan fingerprint density at radius 3 is 2.64 bits per heavy atom. The van der Waals surface area contributed by atoms with Gasteiger partial charge in [0.05, 0.1) is 17.9 Å². The number of rotatable bonds is 6. The van der Waals surface area contributed by atoms with Crippen molar-refractivity contribution >= 4 is 5.84 Å². The van der Waals surface area contributed by atoms with E-state index in [1.54, 1.807) is 12.1 Å². The van der Waals surface area contributed by atoms with E-state index in [1.807, 2.05) is 24.3 Å². The molecule has 22 heavy (non-hydrogen) atoms. The maximum atomic E-state index is 9.13. The van der Waals surface area contributed by atoms with E-state index in [-0.39, 0.29) is 0 Å². The van der Waals surface area contributed by atoms with E-state index in [2.05, 4.69) is 30.1 Å². The van der Waals surface area contributed by atoms with Crippen LogP contribution in [-0.4, -0.2) is 5.84 Å². The van der Waals surface area contributed by atoms with Crippen LogP contribution in [0.3, 0.4) is 0 Å². The van der Waals surface area contributed by atoms with E-state index in [0.29, 0.717) is 17.9 Å². The highest BCUT2D eigenvalue weighted by Crippen LogP contribution is 2.22. The van der Waals surface area contributed by atoms with Crippen molar-refractivity contribution in [3.63, 3.8) is 0 Å². The van der Waals surface area contributed by atoms with Crippen LogP contribution < -0.4 is 5.73 Å². The highest BCUT2D eigenvalue weighted by Gasteiger charge is 2.03. The summed E-state index contributed by atoms with van der Waals surface area (Å²) in [6.45, 7) is 2.73. The summed E-state index contributed by atoms with van der Waals surface area (Å²) >= 11 is 0. The molecule has 3 heteroatoms. The molecule has 0 atom stereocenters. The lowest BCUT2D eigenvalue weighted by Gasteiger charge is -2.04. The quantitative estimate of drug-likeness (QED) is 0.648. The van der Waals surface area contributed by atoms with Crippen LogP contribution in [0.2, 0.25) is 0 Å². The van der Waals surface area contributed by atoms with Gasteiger partial charge in [-0.2, -0.15) is 5.26 Å². The number of aliphatic imine (C=N–C) groups is 1. The van der Waals surface area contributed by atoms with Crippen LogP contribution in [-0.2, 0) is 6.54 Å². The van der Waals surface area contributed by atoms with Crippen molar-refractivity contribution in [1.29, 1.82) is 5.26 Å². The predicted molar refractivity (Wildman–Crippen MR) is 89.1 cm³/mol. The third kappa shape index (κ3) is 4.11. The van der Waals surface area contributed by atoms with Gasteiger partial charge in [0.15, 0.2) is 0 Å². The van der Waals surface area contributed by atoms with E-state index < -0.39 is 0 Å². The van der Waals surface area contributed by atoms with Gasteiger partial charge < -0.3 is 5.73 Å². The van der Waals surface area contributed by atoms with Crippen molar-refractivity contribution in [2.45, 2.75) is 32.7 Å². The van der Waals surface area contributed by atoms with Crippen LogP contribution in [0.15, 0.2) is 41.4 Å². The fraction of sp³-hybridized carbons (Fsp3) is 0.263. The van der Waals surface area contributed by atoms with Crippen LogP contribution in [0.5, 0.6) is 0 Å². The van der Waals surface area contributed by atoms with Crippen molar-refractivity contribution in [2.75, 3.05) is 0 Å². The number of benzene rings is 1. The van der Waals surface area contributed by atoms with Gasteiger partial charge in [0.2, 0.25) is 0 Å². The molecule has 0 spiro atoms. The number of nitriles is 1. The van der Waals surface area contributed by atoms with Gasteiger partial charge in [-0.25, -0.2) is 0 Å². The number of hydrogen-bond donors (Lipinski definition) is 1. The third-order valence-electron chi connectivity index (χ3n) is 3.44. The summed E-state index contributed by atoms with van der Waals surface area (Å²) in [6.07, 6.45) is 3.06. The first-order valence-corrected chi connectivity index (χ1v) is 7.44. The Bertz CT molecular complexity index is 679. The van der Waals surface area contributed by atoms with Crippen molar-refractivity contribution in [1.82, 2.24) is 0 Å². The molecule has 0 bridgehead atoms. The lowest BCUT2D eigenvalue weighted by Crippen LogP contribution is -2.11. The van der Waals surface area contributed by atoms with Gasteiger partial charge in [-0.1, -0.05) is 49.7 Å². The highest BCUT2D eigenvalue weighted by molar-refractivity contribution is 5.80. The van der Waals surface area contributed by atoms with Crippen molar-refractivity contribution in [2.24, 2.45) is 10.7 Å². The van der Waals surface area contributed by atoms with Crippen LogP contribution in [0.1, 0.15) is 37.3 Å². The van der Waals surface area contributed by atoms with Gasteiger partial charge in [0.25, 0.3) is 0 Å². The summed E-state index contributed by atoms with van der Waals surface area (Å²) in [6, 6.07) is 19.3. The van der Waals surface area contributed by atoms with Crippen LogP contribution >= 0.6 is 0 Å². The average Bonchev–Trinajstić information content (AvgIpc) is 2.58. The van der Waals surface area contributed by atoms with Crippen LogP contribution in [0.25, 0.3) is 11.1 Å². The molecule has 2 N–H and O–H groups in total. The molecular weight excluding hydrogens is 270 g/mol. The number of nitrogens with two attached hydrogens (primary N) is 1. The first-order chi connectivity index (χ1) is 10.7. The molecule has 0 aliphatic heterocycles. The molecule has 0 unspecified atom stereocenters. The van der Waals surface area contributed by atoms with Crippen molar-refractivity contribution < 1.29 is 0 Å². The van der Waals surface area contributed by atoms with Gasteiger partial charge >= 0.3 is 0 Å². The fourth-order valence-electron chi connectivity index (χ4n) is 2.13. The molecule has 2 aromatic rings. The lowest BCUT2D eigenvalue weighted by molar-refractivity contribution is 0.825. The fourth-order valence-corrected chi connectivity index (χ4v) is 2.13. The van der Waals surface area contributed by atoms with E-state index in [4.69, 9.17) is 11.0 Å². The number of unbranched alkanes of at least 4 members (excludes halogenated alkanes) is 1. The zero-order chi connectivity index (χ0) is 15.8. The molecule has 0 heterocycles. The summed E-state index contributed by atoms with van der Waals surface area (Å²) in [5, 5.41) is 9.13. The van der Waals surface area contributed by atoms with Gasteiger partial charge in [-0.15, -0.1) is 0 Å². The Hall–Kier alpha value is -2.78. The first kappa shape index (κ1) is 15.6. The summed E-state index contributed by atoms with van der Waals surface area (Å²) in [4.78, 5) is 4.40. The van der Waals surface area contributed by atoms with Crippen molar-refractivity contribution in [3.8, 4) is 17.2 Å². The topological polar surface area (TPSA) is 62.2 Å². The first-order valence-electron chi connectivity index (χ1n) is 7.44. The molecule has 2 rings (SSSR count). The molecule has 0 fully saturated rings. The molecule has 0 saturated heterocycles. The van der Waals surface area contributed by atoms with Gasteiger partial charge in [-0.05, 0) is 23.6 Å². The Labute approximate surface area is 132 Å². The highest BCUT2D eigenvalue weighted by atomic mass is 14.8. The molecule has 0 aromatic heterocycles. The van der Waals surface area contributed by atoms with E-state index in [0.717, 1.165) is 36.0 Å². The zero-order valence-corrected chi connectivity index (χ0v) is 12.8. The predicted octanol–water partition coefficient (Wildman–Crippen LogP) is 3.87. The summed E-state index contributed by atoms with van der Waals surface area (Å²) < 4.78 is 0. The number of nitrogens with zero attached hydrogens (tertiary/aromatic N) is 2. The maximum absolute atomic E-state index is 9.13. The molecule has 3 nitrogen and oxygen atoms in total. The monoisotopic (exact) mass is 289 g/mol. The van der Waals surface area contributed by atoms with E-state index >= 15 is 0 Å². The minimum Gasteiger partial charge on any atom is -0.387 e. The second kappa shape index (κ2) is 7.86. The normalized spacial score (nSPS) is 10.8. The molecule has 0 amide bonds. The van der Waals surface area contributed by atoms with Gasteiger partial charge in [0.1, 0.15) is 6.07 Å². The Morgan fingerprint density at radius 1 is 1.23 bits per heavy atom. The average molecular weight is 289 g/mol. The van der Waals surface area contributed by atoms with E-state index in [1.165, 1.54) is 0 Å². The summed E-state index contributed by atoms with van der Waals surface area (Å²) in [7, 11) is 0. The largest absolute Gasteiger partial charge is 0.387 e. The second-order valence-electron chi connectivity index (χ2n) is 5.12. The molecule has 0 aliphatic carbocycles. The Kier molecular flexibility index (Phi) is 5.57. The molecular formula is C19H19N3. The van der Waals surface area contributed by atoms with Crippen molar-refractivity contribution in [3.05, 3.63) is 59.7 Å². The van der Waals surface area contributed by atoms with Gasteiger partial charge in [-0.3, -0.25) is 4.99 Å². The van der Waals surface area contributed by atoms with Crippen LogP contribution in [0, 0.1) is 23.5 Å². The van der Waals surface area contributed by atoms with Gasteiger partial charge in [0, 0.05) is 18.1 Å². The van der Waals surface area contributed by atoms with Crippen LogP contribution in [0.4, 0.5) is 0 Å². The smallest absolute Gasteiger partial charge is 0.100 e. The zero-order valence-electron chi connectivity index (χ0n) is 12.8. The minimum absolute atomic E-state index is 0.593. The minimum atomic E-state index is 0.593.